The number of methoxy groups -OCH3 is 2. The predicted molar refractivity (Wildman–Crippen MR) is 82.6 cm³/mol. The molecule has 1 fully saturated rings. The maximum absolute atomic E-state index is 14.1. The van der Waals surface area contributed by atoms with Gasteiger partial charge in [-0.25, -0.2) is 4.39 Å². The summed E-state index contributed by atoms with van der Waals surface area (Å²) in [5.74, 6) is -2.53. The zero-order chi connectivity index (χ0) is 16.8. The topological polar surface area (TPSA) is 38.8 Å². The molecule has 1 aliphatic rings. The Morgan fingerprint density at radius 2 is 2.09 bits per heavy atom. The average molecular weight is 327 g/mol. The lowest BCUT2D eigenvalue weighted by Crippen LogP contribution is -2.40. The van der Waals surface area contributed by atoms with Crippen molar-refractivity contribution < 1.29 is 23.0 Å². The highest BCUT2D eigenvalue weighted by Gasteiger charge is 2.27. The lowest BCUT2D eigenvalue weighted by atomic mass is 9.93. The number of amides is 1. The van der Waals surface area contributed by atoms with Crippen molar-refractivity contribution in [1.29, 1.82) is 0 Å². The molecule has 6 heteroatoms. The summed E-state index contributed by atoms with van der Waals surface area (Å²) in [7, 11) is 2.92. The van der Waals surface area contributed by atoms with Crippen molar-refractivity contribution in [2.45, 2.75) is 25.7 Å². The Morgan fingerprint density at radius 3 is 2.78 bits per heavy atom. The second-order valence-electron chi connectivity index (χ2n) is 5.84. The van der Waals surface area contributed by atoms with Gasteiger partial charge >= 0.3 is 0 Å². The van der Waals surface area contributed by atoms with Crippen LogP contribution in [-0.4, -0.2) is 44.7 Å². The van der Waals surface area contributed by atoms with Crippen LogP contribution < -0.4 is 4.74 Å². The molecule has 0 saturated carbocycles. The highest BCUT2D eigenvalue weighted by molar-refractivity contribution is 5.94. The van der Waals surface area contributed by atoms with E-state index in [2.05, 4.69) is 0 Å². The number of rotatable bonds is 6. The molecule has 0 aliphatic carbocycles. The Hall–Kier alpha value is -1.69. The van der Waals surface area contributed by atoms with Crippen LogP contribution >= 0.6 is 0 Å². The van der Waals surface area contributed by atoms with Crippen molar-refractivity contribution in [2.75, 3.05) is 33.9 Å². The van der Waals surface area contributed by atoms with Gasteiger partial charge in [-0.3, -0.25) is 4.79 Å². The third-order valence-electron chi connectivity index (χ3n) is 4.26. The predicted octanol–water partition coefficient (Wildman–Crippen LogP) is 3.25. The number of hydrogen-bond acceptors (Lipinski definition) is 3. The van der Waals surface area contributed by atoms with Gasteiger partial charge in [0, 0.05) is 26.8 Å². The van der Waals surface area contributed by atoms with Crippen molar-refractivity contribution in [2.24, 2.45) is 5.92 Å². The monoisotopic (exact) mass is 327 g/mol. The van der Waals surface area contributed by atoms with Crippen LogP contribution in [0.5, 0.6) is 5.75 Å². The summed E-state index contributed by atoms with van der Waals surface area (Å²) in [6, 6.07) is 2.57. The molecule has 1 atom stereocenters. The summed E-state index contributed by atoms with van der Waals surface area (Å²) in [6.45, 7) is 1.85. The number of carbonyl (C=O) groups is 1. The minimum atomic E-state index is -1.14. The van der Waals surface area contributed by atoms with Gasteiger partial charge < -0.3 is 14.4 Å². The summed E-state index contributed by atoms with van der Waals surface area (Å²) in [5.41, 5.74) is -0.235. The maximum atomic E-state index is 14.1. The molecule has 1 amide bonds. The van der Waals surface area contributed by atoms with Crippen molar-refractivity contribution in [3.05, 3.63) is 29.3 Å². The number of piperidine rings is 1. The zero-order valence-electron chi connectivity index (χ0n) is 13.6. The van der Waals surface area contributed by atoms with E-state index < -0.39 is 17.5 Å². The molecule has 0 radical (unpaired) electrons. The van der Waals surface area contributed by atoms with E-state index >= 15 is 0 Å². The van der Waals surface area contributed by atoms with Gasteiger partial charge in [0.05, 0.1) is 12.7 Å². The molecule has 1 aromatic carbocycles. The first kappa shape index (κ1) is 17.7. The summed E-state index contributed by atoms with van der Waals surface area (Å²) in [5, 5.41) is 0. The molecule has 1 aromatic rings. The Bertz CT molecular complexity index is 551. The molecule has 2 rings (SSSR count). The zero-order valence-corrected chi connectivity index (χ0v) is 13.6. The fraction of sp³-hybridized carbons (Fsp3) is 0.588. The number of ether oxygens (including phenoxy) is 2. The van der Waals surface area contributed by atoms with Gasteiger partial charge in [0.15, 0.2) is 11.6 Å². The number of likely N-dealkylation sites (tertiary alicyclic amines) is 1. The molecule has 1 heterocycles. The second-order valence-corrected chi connectivity index (χ2v) is 5.84. The fourth-order valence-corrected chi connectivity index (χ4v) is 3.03. The van der Waals surface area contributed by atoms with Crippen LogP contribution in [0, 0.1) is 17.6 Å². The Balaban J connectivity index is 2.06. The van der Waals surface area contributed by atoms with Crippen LogP contribution in [-0.2, 0) is 4.74 Å². The van der Waals surface area contributed by atoms with Crippen molar-refractivity contribution >= 4 is 5.91 Å². The minimum absolute atomic E-state index is 0.199. The Labute approximate surface area is 135 Å². The van der Waals surface area contributed by atoms with Crippen molar-refractivity contribution in [3.63, 3.8) is 0 Å². The SMILES string of the molecule is COCCCC1CCCN(C(=O)c2ccc(OC)c(F)c2F)C1. The molecule has 1 unspecified atom stereocenters. The van der Waals surface area contributed by atoms with Crippen molar-refractivity contribution in [3.8, 4) is 5.75 Å². The van der Waals surface area contributed by atoms with E-state index in [1.807, 2.05) is 0 Å². The van der Waals surface area contributed by atoms with Crippen LogP contribution in [0.1, 0.15) is 36.0 Å². The lowest BCUT2D eigenvalue weighted by Gasteiger charge is -2.33. The third-order valence-corrected chi connectivity index (χ3v) is 4.26. The normalized spacial score (nSPS) is 18.1. The summed E-state index contributed by atoms with van der Waals surface area (Å²) in [6.07, 6.45) is 3.84. The third kappa shape index (κ3) is 4.19. The van der Waals surface area contributed by atoms with Crippen LogP contribution in [0.25, 0.3) is 0 Å². The lowest BCUT2D eigenvalue weighted by molar-refractivity contribution is 0.0654. The smallest absolute Gasteiger partial charge is 0.256 e. The van der Waals surface area contributed by atoms with Crippen molar-refractivity contribution in [1.82, 2.24) is 4.90 Å². The standard InChI is InChI=1S/C17H23F2NO3/c1-22-10-4-6-12-5-3-9-20(11-12)17(21)13-7-8-14(23-2)16(19)15(13)18/h7-8,12H,3-6,9-11H2,1-2H3. The quantitative estimate of drug-likeness (QED) is 0.753. The maximum Gasteiger partial charge on any atom is 0.256 e. The van der Waals surface area contributed by atoms with E-state index in [9.17, 15) is 13.6 Å². The van der Waals surface area contributed by atoms with Gasteiger partial charge in [-0.15, -0.1) is 0 Å². The van der Waals surface area contributed by atoms with E-state index in [1.54, 1.807) is 12.0 Å². The highest BCUT2D eigenvalue weighted by atomic mass is 19.2. The first-order chi connectivity index (χ1) is 11.1. The van der Waals surface area contributed by atoms with Crippen LogP contribution in [0.2, 0.25) is 0 Å². The van der Waals surface area contributed by atoms with Crippen LogP contribution in [0.15, 0.2) is 12.1 Å². The fourth-order valence-electron chi connectivity index (χ4n) is 3.03. The van der Waals surface area contributed by atoms with Gasteiger partial charge in [0.2, 0.25) is 5.82 Å². The van der Waals surface area contributed by atoms with Crippen LogP contribution in [0.4, 0.5) is 8.78 Å². The summed E-state index contributed by atoms with van der Waals surface area (Å²) >= 11 is 0. The van der Waals surface area contributed by atoms with Gasteiger partial charge in [0.1, 0.15) is 0 Å². The molecule has 4 nitrogen and oxygen atoms in total. The molecule has 1 aliphatic heterocycles. The number of benzene rings is 1. The van der Waals surface area contributed by atoms with E-state index in [-0.39, 0.29) is 11.3 Å². The number of halogens is 2. The molecule has 1 saturated heterocycles. The Kier molecular flexibility index (Phi) is 6.33. The van der Waals surface area contributed by atoms with Gasteiger partial charge in [-0.05, 0) is 43.7 Å². The van der Waals surface area contributed by atoms with E-state index in [0.717, 1.165) is 25.7 Å². The first-order valence-electron chi connectivity index (χ1n) is 7.88. The largest absolute Gasteiger partial charge is 0.494 e. The molecular formula is C17H23F2NO3. The molecule has 0 N–H and O–H groups in total. The first-order valence-corrected chi connectivity index (χ1v) is 7.88. The minimum Gasteiger partial charge on any atom is -0.494 e. The summed E-state index contributed by atoms with van der Waals surface area (Å²) < 4.78 is 37.6. The molecule has 0 aromatic heterocycles. The van der Waals surface area contributed by atoms with E-state index in [0.29, 0.717) is 25.6 Å². The number of hydrogen-bond donors (Lipinski definition) is 0. The van der Waals surface area contributed by atoms with Gasteiger partial charge in [-0.2, -0.15) is 4.39 Å². The molecular weight excluding hydrogens is 304 g/mol. The number of carbonyl (C=O) groups excluding carboxylic acids is 1. The van der Waals surface area contributed by atoms with Gasteiger partial charge in [-0.1, -0.05) is 0 Å². The number of nitrogens with zero attached hydrogens (tertiary/aromatic N) is 1. The second kappa shape index (κ2) is 8.24. The summed E-state index contributed by atoms with van der Waals surface area (Å²) in [4.78, 5) is 14.1. The molecule has 128 valence electrons. The highest BCUT2D eigenvalue weighted by Crippen LogP contribution is 2.26. The molecule has 0 spiro atoms. The molecule has 23 heavy (non-hydrogen) atoms. The van der Waals surface area contributed by atoms with Crippen LogP contribution in [0.3, 0.4) is 0 Å². The van der Waals surface area contributed by atoms with E-state index in [4.69, 9.17) is 9.47 Å². The Morgan fingerprint density at radius 1 is 1.30 bits per heavy atom. The average Bonchev–Trinajstić information content (AvgIpc) is 2.57. The molecule has 0 bridgehead atoms. The van der Waals surface area contributed by atoms with E-state index in [1.165, 1.54) is 19.2 Å². The van der Waals surface area contributed by atoms with Gasteiger partial charge in [0.25, 0.3) is 5.91 Å².